The van der Waals surface area contributed by atoms with Crippen molar-refractivity contribution in [2.75, 3.05) is 0 Å². The molecule has 15 heavy (non-hydrogen) atoms. The number of halogens is 2. The second-order valence-electron chi connectivity index (χ2n) is 4.36. The number of rotatable bonds is 2. The first-order chi connectivity index (χ1) is 7.16. The fourth-order valence-corrected chi connectivity index (χ4v) is 2.51. The van der Waals surface area contributed by atoms with Gasteiger partial charge < -0.3 is 5.73 Å². The van der Waals surface area contributed by atoms with Crippen LogP contribution in [0.15, 0.2) is 18.2 Å². The van der Waals surface area contributed by atoms with E-state index >= 15 is 0 Å². The number of hydrogen-bond donors (Lipinski definition) is 1. The van der Waals surface area contributed by atoms with E-state index in [1.54, 1.807) is 12.1 Å². The molecule has 0 radical (unpaired) electrons. The standard InChI is InChI=1S/C12H15ClFN/c13-11-3-1-2-9(12(11)14)6-8-4-5-10(15)7-8/h1-3,8,10H,4-7,15H2. The highest BCUT2D eigenvalue weighted by molar-refractivity contribution is 6.30. The van der Waals surface area contributed by atoms with Gasteiger partial charge in [-0.1, -0.05) is 23.7 Å². The third-order valence-corrected chi connectivity index (χ3v) is 3.41. The fraction of sp³-hybridized carbons (Fsp3) is 0.500. The van der Waals surface area contributed by atoms with Crippen molar-refractivity contribution in [3.8, 4) is 0 Å². The fourth-order valence-electron chi connectivity index (χ4n) is 2.32. The maximum atomic E-state index is 13.6. The molecule has 1 saturated carbocycles. The van der Waals surface area contributed by atoms with Crippen LogP contribution in [0.2, 0.25) is 5.02 Å². The smallest absolute Gasteiger partial charge is 0.144 e. The van der Waals surface area contributed by atoms with E-state index in [4.69, 9.17) is 17.3 Å². The van der Waals surface area contributed by atoms with Crippen molar-refractivity contribution in [2.24, 2.45) is 11.7 Å². The average Bonchev–Trinajstić information content (AvgIpc) is 2.59. The van der Waals surface area contributed by atoms with Crippen LogP contribution in [0.3, 0.4) is 0 Å². The lowest BCUT2D eigenvalue weighted by atomic mass is 9.97. The van der Waals surface area contributed by atoms with Crippen molar-refractivity contribution in [3.05, 3.63) is 34.6 Å². The van der Waals surface area contributed by atoms with Crippen molar-refractivity contribution in [3.63, 3.8) is 0 Å². The first-order valence-corrected chi connectivity index (χ1v) is 5.73. The maximum absolute atomic E-state index is 13.6. The summed E-state index contributed by atoms with van der Waals surface area (Å²) in [6, 6.07) is 5.50. The van der Waals surface area contributed by atoms with Crippen molar-refractivity contribution >= 4 is 11.6 Å². The summed E-state index contributed by atoms with van der Waals surface area (Å²) in [5, 5.41) is 0.217. The molecule has 2 atom stereocenters. The van der Waals surface area contributed by atoms with Gasteiger partial charge in [0.25, 0.3) is 0 Å². The monoisotopic (exact) mass is 227 g/mol. The zero-order chi connectivity index (χ0) is 10.8. The molecule has 0 saturated heterocycles. The Labute approximate surface area is 94.4 Å². The summed E-state index contributed by atoms with van der Waals surface area (Å²) in [5.41, 5.74) is 6.55. The quantitative estimate of drug-likeness (QED) is 0.825. The van der Waals surface area contributed by atoms with Crippen molar-refractivity contribution < 1.29 is 4.39 Å². The zero-order valence-electron chi connectivity index (χ0n) is 8.55. The lowest BCUT2D eigenvalue weighted by Gasteiger charge is -2.10. The van der Waals surface area contributed by atoms with Gasteiger partial charge >= 0.3 is 0 Å². The predicted octanol–water partition coefficient (Wildman–Crippen LogP) is 3.15. The first kappa shape index (κ1) is 10.9. The van der Waals surface area contributed by atoms with Gasteiger partial charge in [-0.05, 0) is 43.2 Å². The Morgan fingerprint density at radius 3 is 2.87 bits per heavy atom. The largest absolute Gasteiger partial charge is 0.328 e. The predicted molar refractivity (Wildman–Crippen MR) is 60.4 cm³/mol. The lowest BCUT2D eigenvalue weighted by molar-refractivity contribution is 0.513. The summed E-state index contributed by atoms with van der Waals surface area (Å²) in [6.45, 7) is 0. The Kier molecular flexibility index (Phi) is 3.27. The molecule has 1 aromatic rings. The molecule has 82 valence electrons. The van der Waals surface area contributed by atoms with Crippen LogP contribution in [0.25, 0.3) is 0 Å². The van der Waals surface area contributed by atoms with Crippen LogP contribution in [-0.4, -0.2) is 6.04 Å². The normalized spacial score (nSPS) is 25.8. The minimum absolute atomic E-state index is 0.217. The summed E-state index contributed by atoms with van der Waals surface area (Å²) in [6.07, 6.45) is 3.94. The average molecular weight is 228 g/mol. The lowest BCUT2D eigenvalue weighted by Crippen LogP contribution is -2.15. The molecule has 0 heterocycles. The maximum Gasteiger partial charge on any atom is 0.144 e. The minimum Gasteiger partial charge on any atom is -0.328 e. The number of nitrogens with two attached hydrogens (primary N) is 1. The van der Waals surface area contributed by atoms with Crippen molar-refractivity contribution in [2.45, 2.75) is 31.7 Å². The van der Waals surface area contributed by atoms with E-state index in [9.17, 15) is 4.39 Å². The number of benzene rings is 1. The second-order valence-corrected chi connectivity index (χ2v) is 4.76. The van der Waals surface area contributed by atoms with Crippen LogP contribution in [-0.2, 0) is 6.42 Å². The highest BCUT2D eigenvalue weighted by Crippen LogP contribution is 2.29. The molecule has 1 fully saturated rings. The van der Waals surface area contributed by atoms with Gasteiger partial charge in [0.2, 0.25) is 0 Å². The molecule has 1 aliphatic carbocycles. The van der Waals surface area contributed by atoms with Gasteiger partial charge in [-0.15, -0.1) is 0 Å². The molecule has 0 aliphatic heterocycles. The Hall–Kier alpha value is -0.600. The summed E-state index contributed by atoms with van der Waals surface area (Å²) < 4.78 is 13.6. The van der Waals surface area contributed by atoms with E-state index in [1.807, 2.05) is 6.07 Å². The highest BCUT2D eigenvalue weighted by atomic mass is 35.5. The number of hydrogen-bond acceptors (Lipinski definition) is 1. The second kappa shape index (κ2) is 4.50. The topological polar surface area (TPSA) is 26.0 Å². The van der Waals surface area contributed by atoms with Crippen LogP contribution in [0.1, 0.15) is 24.8 Å². The van der Waals surface area contributed by atoms with Gasteiger partial charge in [-0.3, -0.25) is 0 Å². The molecule has 3 heteroatoms. The molecule has 2 N–H and O–H groups in total. The van der Waals surface area contributed by atoms with E-state index in [1.165, 1.54) is 0 Å². The summed E-state index contributed by atoms with van der Waals surface area (Å²) in [4.78, 5) is 0. The zero-order valence-corrected chi connectivity index (χ0v) is 9.30. The summed E-state index contributed by atoms with van der Waals surface area (Å²) >= 11 is 5.73. The third kappa shape index (κ3) is 2.50. The third-order valence-electron chi connectivity index (χ3n) is 3.12. The summed E-state index contributed by atoms with van der Waals surface area (Å²) in [7, 11) is 0. The van der Waals surface area contributed by atoms with Gasteiger partial charge in [0.15, 0.2) is 0 Å². The van der Waals surface area contributed by atoms with Gasteiger partial charge in [0.05, 0.1) is 5.02 Å². The van der Waals surface area contributed by atoms with Crippen LogP contribution < -0.4 is 5.73 Å². The molecule has 1 aromatic carbocycles. The van der Waals surface area contributed by atoms with Gasteiger partial charge in [0.1, 0.15) is 5.82 Å². The van der Waals surface area contributed by atoms with Crippen LogP contribution in [0.4, 0.5) is 4.39 Å². The molecule has 2 unspecified atom stereocenters. The Morgan fingerprint density at radius 2 is 2.20 bits per heavy atom. The Morgan fingerprint density at radius 1 is 1.40 bits per heavy atom. The molecule has 0 bridgehead atoms. The molecular formula is C12H15ClFN. The van der Waals surface area contributed by atoms with E-state index in [0.717, 1.165) is 31.2 Å². The molecule has 1 nitrogen and oxygen atoms in total. The van der Waals surface area contributed by atoms with Crippen LogP contribution >= 0.6 is 11.6 Å². The molecule has 0 spiro atoms. The van der Waals surface area contributed by atoms with Gasteiger partial charge in [-0.25, -0.2) is 4.39 Å². The Bertz CT molecular complexity index is 353. The first-order valence-electron chi connectivity index (χ1n) is 5.35. The SMILES string of the molecule is NC1CCC(Cc2cccc(Cl)c2F)C1. The minimum atomic E-state index is -0.264. The Balaban J connectivity index is 2.07. The van der Waals surface area contributed by atoms with Crippen molar-refractivity contribution in [1.29, 1.82) is 0 Å². The van der Waals surface area contributed by atoms with Gasteiger partial charge in [0, 0.05) is 6.04 Å². The molecule has 0 amide bonds. The van der Waals surface area contributed by atoms with Crippen LogP contribution in [0.5, 0.6) is 0 Å². The molecule has 0 aromatic heterocycles. The van der Waals surface area contributed by atoms with E-state index in [-0.39, 0.29) is 10.8 Å². The van der Waals surface area contributed by atoms with Crippen molar-refractivity contribution in [1.82, 2.24) is 0 Å². The van der Waals surface area contributed by atoms with E-state index < -0.39 is 0 Å². The van der Waals surface area contributed by atoms with Crippen LogP contribution in [0, 0.1) is 11.7 Å². The van der Waals surface area contributed by atoms with Gasteiger partial charge in [-0.2, -0.15) is 0 Å². The molecule has 2 rings (SSSR count). The van der Waals surface area contributed by atoms with E-state index in [2.05, 4.69) is 0 Å². The molecule has 1 aliphatic rings. The summed E-state index contributed by atoms with van der Waals surface area (Å²) in [5.74, 6) is 0.257. The molecular weight excluding hydrogens is 213 g/mol. The highest BCUT2D eigenvalue weighted by Gasteiger charge is 2.23. The van der Waals surface area contributed by atoms with E-state index in [0.29, 0.717) is 12.0 Å².